The highest BCUT2D eigenvalue weighted by Crippen LogP contribution is 2.25. The van der Waals surface area contributed by atoms with E-state index in [4.69, 9.17) is 0 Å². The molecule has 0 saturated carbocycles. The zero-order chi connectivity index (χ0) is 14.8. The van der Waals surface area contributed by atoms with Crippen molar-refractivity contribution in [1.82, 2.24) is 9.78 Å². The van der Waals surface area contributed by atoms with E-state index in [1.165, 1.54) is 6.20 Å². The van der Waals surface area contributed by atoms with Gasteiger partial charge < -0.3 is 10.6 Å². The van der Waals surface area contributed by atoms with E-state index >= 15 is 0 Å². The van der Waals surface area contributed by atoms with E-state index in [-0.39, 0.29) is 11.8 Å². The molecule has 21 heavy (non-hydrogen) atoms. The number of nitrogens with zero attached hydrogens (tertiary/aromatic N) is 2. The molecule has 2 amide bonds. The number of aromatic nitrogens is 2. The third-order valence-electron chi connectivity index (χ3n) is 3.45. The van der Waals surface area contributed by atoms with Crippen LogP contribution in [0.5, 0.6) is 0 Å². The molecule has 0 bridgehead atoms. The number of fused-ring (bicyclic) bond motifs is 1. The van der Waals surface area contributed by atoms with Crippen LogP contribution in [0.1, 0.15) is 28.8 Å². The lowest BCUT2D eigenvalue weighted by atomic mass is 10.1. The Balaban J connectivity index is 1.79. The van der Waals surface area contributed by atoms with E-state index < -0.39 is 0 Å². The van der Waals surface area contributed by atoms with Crippen molar-refractivity contribution in [3.05, 3.63) is 41.7 Å². The molecule has 6 heteroatoms. The van der Waals surface area contributed by atoms with Crippen LogP contribution in [-0.4, -0.2) is 21.6 Å². The molecule has 2 heterocycles. The first kappa shape index (κ1) is 13.4. The van der Waals surface area contributed by atoms with Crippen molar-refractivity contribution < 1.29 is 9.59 Å². The topological polar surface area (TPSA) is 76.0 Å². The summed E-state index contributed by atoms with van der Waals surface area (Å²) in [6.45, 7) is 0. The zero-order valence-electron chi connectivity index (χ0n) is 11.7. The quantitative estimate of drug-likeness (QED) is 0.885. The Bertz CT molecular complexity index is 705. The number of hydrogen-bond donors (Lipinski definition) is 2. The van der Waals surface area contributed by atoms with Crippen molar-refractivity contribution in [2.75, 3.05) is 10.6 Å². The lowest BCUT2D eigenvalue weighted by Gasteiger charge is -2.10. The molecule has 1 aliphatic rings. The molecule has 2 N–H and O–H groups in total. The number of hydrogen-bond acceptors (Lipinski definition) is 3. The lowest BCUT2D eigenvalue weighted by molar-refractivity contribution is -0.116. The molecule has 2 aromatic rings. The molecule has 0 unspecified atom stereocenters. The summed E-state index contributed by atoms with van der Waals surface area (Å²) in [6.07, 6.45) is 5.37. The van der Waals surface area contributed by atoms with E-state index in [0.717, 1.165) is 29.8 Å². The van der Waals surface area contributed by atoms with Gasteiger partial charge in [0.1, 0.15) is 0 Å². The first-order valence-corrected chi connectivity index (χ1v) is 6.84. The van der Waals surface area contributed by atoms with Crippen LogP contribution in [0.4, 0.5) is 11.4 Å². The Morgan fingerprint density at radius 3 is 3.00 bits per heavy atom. The molecule has 6 nitrogen and oxygen atoms in total. The van der Waals surface area contributed by atoms with E-state index in [0.29, 0.717) is 12.0 Å². The van der Waals surface area contributed by atoms with Crippen molar-refractivity contribution >= 4 is 23.2 Å². The number of nitrogens with one attached hydrogen (secondary N) is 2. The van der Waals surface area contributed by atoms with Gasteiger partial charge >= 0.3 is 0 Å². The van der Waals surface area contributed by atoms with Crippen LogP contribution in [0.25, 0.3) is 0 Å². The largest absolute Gasteiger partial charge is 0.326 e. The maximum atomic E-state index is 12.1. The molecule has 1 aromatic heterocycles. The second kappa shape index (κ2) is 5.40. The fourth-order valence-electron chi connectivity index (χ4n) is 2.39. The van der Waals surface area contributed by atoms with Crippen LogP contribution in [0.15, 0.2) is 30.6 Å². The molecule has 108 valence electrons. The van der Waals surface area contributed by atoms with Gasteiger partial charge in [-0.05, 0) is 36.6 Å². The van der Waals surface area contributed by atoms with Gasteiger partial charge in [0.15, 0.2) is 0 Å². The second-order valence-corrected chi connectivity index (χ2v) is 5.13. The molecule has 0 saturated heterocycles. The Hall–Kier alpha value is -2.63. The fourth-order valence-corrected chi connectivity index (χ4v) is 2.39. The van der Waals surface area contributed by atoms with Crippen LogP contribution in [0.2, 0.25) is 0 Å². The first-order chi connectivity index (χ1) is 10.1. The van der Waals surface area contributed by atoms with Gasteiger partial charge in [-0.2, -0.15) is 5.10 Å². The molecule has 0 spiro atoms. The average molecular weight is 284 g/mol. The number of aryl methyl sites for hydroxylation is 2. The minimum atomic E-state index is -0.194. The van der Waals surface area contributed by atoms with Gasteiger partial charge in [0.05, 0.1) is 11.8 Å². The number of rotatable bonds is 2. The zero-order valence-corrected chi connectivity index (χ0v) is 11.7. The molecule has 0 radical (unpaired) electrons. The van der Waals surface area contributed by atoms with Gasteiger partial charge in [0.25, 0.3) is 5.91 Å². The normalized spacial score (nSPS) is 14.0. The van der Waals surface area contributed by atoms with Crippen molar-refractivity contribution in [1.29, 1.82) is 0 Å². The van der Waals surface area contributed by atoms with Crippen molar-refractivity contribution in [2.45, 2.75) is 19.3 Å². The SMILES string of the molecule is Cn1cc(C(=O)Nc2ccc3c(c2)CCCC(=O)N3)cn1. The Kier molecular flexibility index (Phi) is 3.43. The van der Waals surface area contributed by atoms with Crippen LogP contribution < -0.4 is 10.6 Å². The van der Waals surface area contributed by atoms with Gasteiger partial charge in [-0.15, -0.1) is 0 Å². The summed E-state index contributed by atoms with van der Waals surface area (Å²) in [6, 6.07) is 5.53. The summed E-state index contributed by atoms with van der Waals surface area (Å²) in [5, 5.41) is 9.70. The lowest BCUT2D eigenvalue weighted by Crippen LogP contribution is -2.12. The molecule has 3 rings (SSSR count). The van der Waals surface area contributed by atoms with Crippen LogP contribution in [0.3, 0.4) is 0 Å². The number of benzene rings is 1. The highest BCUT2D eigenvalue weighted by atomic mass is 16.2. The Morgan fingerprint density at radius 2 is 2.24 bits per heavy atom. The van der Waals surface area contributed by atoms with Crippen molar-refractivity contribution in [2.24, 2.45) is 7.05 Å². The Labute approximate surface area is 122 Å². The van der Waals surface area contributed by atoms with E-state index in [2.05, 4.69) is 15.7 Å². The number of amides is 2. The fraction of sp³-hybridized carbons (Fsp3) is 0.267. The number of carbonyl (C=O) groups excluding carboxylic acids is 2. The summed E-state index contributed by atoms with van der Waals surface area (Å²) in [5.41, 5.74) is 3.11. The molecule has 0 aliphatic carbocycles. The van der Waals surface area contributed by atoms with E-state index in [9.17, 15) is 9.59 Å². The van der Waals surface area contributed by atoms with Crippen molar-refractivity contribution in [3.8, 4) is 0 Å². The van der Waals surface area contributed by atoms with Gasteiger partial charge in [-0.3, -0.25) is 14.3 Å². The highest BCUT2D eigenvalue weighted by molar-refractivity contribution is 6.04. The standard InChI is InChI=1S/C15H16N4O2/c1-19-9-11(8-16-19)15(21)17-12-5-6-13-10(7-12)3-2-4-14(20)18-13/h5-9H,2-4H2,1H3,(H,17,21)(H,18,20). The smallest absolute Gasteiger partial charge is 0.258 e. The summed E-state index contributed by atoms with van der Waals surface area (Å²) >= 11 is 0. The summed E-state index contributed by atoms with van der Waals surface area (Å²) in [5.74, 6) is -0.151. The molecular weight excluding hydrogens is 268 g/mol. The third-order valence-corrected chi connectivity index (χ3v) is 3.45. The van der Waals surface area contributed by atoms with Crippen molar-refractivity contribution in [3.63, 3.8) is 0 Å². The molecule has 1 aromatic carbocycles. The minimum Gasteiger partial charge on any atom is -0.326 e. The van der Waals surface area contributed by atoms with Crippen LogP contribution in [-0.2, 0) is 18.3 Å². The second-order valence-electron chi connectivity index (χ2n) is 5.13. The average Bonchev–Trinajstić information content (AvgIpc) is 2.79. The summed E-state index contributed by atoms with van der Waals surface area (Å²) in [4.78, 5) is 23.6. The molecule has 1 aliphatic heterocycles. The first-order valence-electron chi connectivity index (χ1n) is 6.84. The Morgan fingerprint density at radius 1 is 1.38 bits per heavy atom. The van der Waals surface area contributed by atoms with Crippen LogP contribution in [0, 0.1) is 0 Å². The molecule has 0 fully saturated rings. The summed E-state index contributed by atoms with van der Waals surface area (Å²) < 4.78 is 1.58. The van der Waals surface area contributed by atoms with Gasteiger partial charge in [-0.1, -0.05) is 0 Å². The van der Waals surface area contributed by atoms with E-state index in [1.54, 1.807) is 24.0 Å². The molecular formula is C15H16N4O2. The number of anilines is 2. The van der Waals surface area contributed by atoms with Gasteiger partial charge in [0, 0.05) is 31.0 Å². The monoisotopic (exact) mass is 284 g/mol. The van der Waals surface area contributed by atoms with Gasteiger partial charge in [-0.25, -0.2) is 0 Å². The predicted molar refractivity (Wildman–Crippen MR) is 79.2 cm³/mol. The third kappa shape index (κ3) is 2.94. The maximum absolute atomic E-state index is 12.1. The maximum Gasteiger partial charge on any atom is 0.258 e. The van der Waals surface area contributed by atoms with Gasteiger partial charge in [0.2, 0.25) is 5.91 Å². The minimum absolute atomic E-state index is 0.0425. The molecule has 0 atom stereocenters. The predicted octanol–water partition coefficient (Wildman–Crippen LogP) is 1.95. The summed E-state index contributed by atoms with van der Waals surface area (Å²) in [7, 11) is 1.77. The van der Waals surface area contributed by atoms with E-state index in [1.807, 2.05) is 12.1 Å². The number of carbonyl (C=O) groups is 2. The van der Waals surface area contributed by atoms with Crippen LogP contribution >= 0.6 is 0 Å². The highest BCUT2D eigenvalue weighted by Gasteiger charge is 2.14.